The Hall–Kier alpha value is -1.92. The third kappa shape index (κ3) is 4.05. The second-order valence-electron chi connectivity index (χ2n) is 5.69. The molecule has 5 N–H and O–H groups in total. The molecule has 0 fully saturated rings. The fourth-order valence-corrected chi connectivity index (χ4v) is 5.36. The lowest BCUT2D eigenvalue weighted by atomic mass is 10.1. The van der Waals surface area contributed by atoms with Gasteiger partial charge in [-0.1, -0.05) is 0 Å². The molecule has 0 saturated heterocycles. The Morgan fingerprint density at radius 3 is 2.14 bits per heavy atom. The normalized spacial score (nSPS) is 19.2. The van der Waals surface area contributed by atoms with Gasteiger partial charge in [-0.15, -0.1) is 0 Å². The van der Waals surface area contributed by atoms with Gasteiger partial charge >= 0.3 is 10.1 Å². The van der Waals surface area contributed by atoms with E-state index in [0.29, 0.717) is 6.07 Å². The van der Waals surface area contributed by atoms with Gasteiger partial charge in [-0.25, -0.2) is 10.4 Å². The van der Waals surface area contributed by atoms with E-state index in [9.17, 15) is 31.8 Å². The van der Waals surface area contributed by atoms with Crippen LogP contribution < -0.4 is 10.5 Å². The maximum absolute atomic E-state index is 12.3. The van der Waals surface area contributed by atoms with E-state index in [4.69, 9.17) is 14.6 Å². The number of hydrogen-bond donors (Lipinski definition) is 5. The van der Waals surface area contributed by atoms with E-state index < -0.39 is 46.2 Å². The van der Waals surface area contributed by atoms with E-state index in [2.05, 4.69) is 15.9 Å². The molecule has 1 heterocycles. The van der Waals surface area contributed by atoms with Crippen molar-refractivity contribution in [3.63, 3.8) is 0 Å². The van der Waals surface area contributed by atoms with Gasteiger partial charge in [0.15, 0.2) is 17.1 Å². The highest BCUT2D eigenvalue weighted by molar-refractivity contribution is 9.15. The summed E-state index contributed by atoms with van der Waals surface area (Å²) in [6.45, 7) is 0. The van der Waals surface area contributed by atoms with Crippen LogP contribution in [-0.4, -0.2) is 31.8 Å². The van der Waals surface area contributed by atoms with Gasteiger partial charge in [0.2, 0.25) is 0 Å². The van der Waals surface area contributed by atoms with Crippen LogP contribution in [-0.2, 0) is 24.4 Å². The molecule has 2 aromatic carbocycles. The predicted octanol–water partition coefficient (Wildman–Crippen LogP) is -0.320. The Morgan fingerprint density at radius 2 is 1.59 bits per heavy atom. The van der Waals surface area contributed by atoms with E-state index in [0.717, 1.165) is 24.3 Å². The largest absolute Gasteiger partial charge is 0.595 e. The van der Waals surface area contributed by atoms with Crippen LogP contribution in [0.15, 0.2) is 46.2 Å². The third-order valence-corrected chi connectivity index (χ3v) is 6.82. The van der Waals surface area contributed by atoms with Crippen LogP contribution in [0.2, 0.25) is 0 Å². The summed E-state index contributed by atoms with van der Waals surface area (Å²) in [4.78, 5) is -1.24. The summed E-state index contributed by atoms with van der Waals surface area (Å²) in [7, 11) is -9.29. The minimum Gasteiger partial charge on any atom is -0.595 e. The van der Waals surface area contributed by atoms with Crippen LogP contribution in [0.5, 0.6) is 0 Å². The Bertz CT molecular complexity index is 1240. The predicted molar refractivity (Wildman–Crippen MR) is 98.3 cm³/mol. The first-order chi connectivity index (χ1) is 13.3. The molecule has 0 aliphatic carbocycles. The first-order valence-corrected chi connectivity index (χ1v) is 11.0. The zero-order valence-electron chi connectivity index (χ0n) is 13.9. The number of fused-ring (bicyclic) bond motifs is 1. The molecule has 2 atom stereocenters. The van der Waals surface area contributed by atoms with Crippen molar-refractivity contribution in [3.8, 4) is 0 Å². The van der Waals surface area contributed by atoms with Gasteiger partial charge in [0.1, 0.15) is 9.79 Å². The Morgan fingerprint density at radius 1 is 1.03 bits per heavy atom. The second-order valence-corrected chi connectivity index (χ2v) is 9.39. The van der Waals surface area contributed by atoms with E-state index in [1.165, 1.54) is 6.07 Å². The first kappa shape index (κ1) is 21.8. The molecule has 0 bridgehead atoms. The number of nitrogens with one attached hydrogen (secondary N) is 2. The monoisotopic (exact) mass is 510 g/mol. The third-order valence-electron chi connectivity index (χ3n) is 3.88. The lowest BCUT2D eigenvalue weighted by molar-refractivity contribution is -0.991. The first-order valence-electron chi connectivity index (χ1n) is 7.40. The number of halogens is 1. The fraction of sp³-hybridized carbons (Fsp3) is 0. The summed E-state index contributed by atoms with van der Waals surface area (Å²) in [6, 6.07) is 5.97. The number of rotatable bonds is 4. The summed E-state index contributed by atoms with van der Waals surface area (Å²) in [5.74, 6) is -0.357. The highest BCUT2D eigenvalue weighted by atomic mass is 79.9. The molecule has 12 nitrogen and oxygen atoms in total. The van der Waals surface area contributed by atoms with Crippen LogP contribution >= 0.6 is 15.9 Å². The Kier molecular flexibility index (Phi) is 5.56. The molecule has 0 aromatic heterocycles. The average Bonchev–Trinajstić information content (AvgIpc) is 2.90. The summed E-state index contributed by atoms with van der Waals surface area (Å²) < 4.78 is 62.2. The molecular weight excluding hydrogens is 500 g/mol. The maximum atomic E-state index is 12.3. The van der Waals surface area contributed by atoms with Crippen LogP contribution in [0.1, 0.15) is 11.1 Å². The van der Waals surface area contributed by atoms with Crippen LogP contribution in [0, 0.1) is 10.4 Å². The van der Waals surface area contributed by atoms with Crippen molar-refractivity contribution < 1.29 is 46.4 Å². The quantitative estimate of drug-likeness (QED) is 0.206. The van der Waals surface area contributed by atoms with Gasteiger partial charge in [0.05, 0.1) is 4.48 Å². The van der Waals surface area contributed by atoms with Gasteiger partial charge in [-0.3, -0.25) is 4.55 Å². The molecule has 0 saturated carbocycles. The van der Waals surface area contributed by atoms with Crippen LogP contribution in [0.4, 0.5) is 11.4 Å². The summed E-state index contributed by atoms with van der Waals surface area (Å²) in [6.07, 6.45) is 0. The van der Waals surface area contributed by atoms with Crippen molar-refractivity contribution >= 4 is 57.8 Å². The molecule has 0 radical (unpaired) electrons. The van der Waals surface area contributed by atoms with Gasteiger partial charge in [-0.05, 0) is 28.1 Å². The molecule has 0 amide bonds. The van der Waals surface area contributed by atoms with Gasteiger partial charge in [0.25, 0.3) is 10.1 Å². The molecule has 2 aromatic rings. The molecule has 156 valence electrons. The minimum absolute atomic E-state index is 0.0505. The molecule has 15 heteroatoms. The van der Waals surface area contributed by atoms with Gasteiger partial charge in [-0.2, -0.15) is 27.3 Å². The van der Waals surface area contributed by atoms with Crippen molar-refractivity contribution in [2.24, 2.45) is 0 Å². The molecule has 3 rings (SSSR count). The molecule has 2 unspecified atom stereocenters. The standard InChI is InChI=1S/C14H11BrN2O10S2/c15-13(9-3-1-7(16(18)19)5-11(9)28(22,23)24)14-10-4-2-8(17(20)21)6-12(10)29(25,26)27-14/h1-6,16-18,20H,(H,22,23,24). The number of benzene rings is 2. The van der Waals surface area contributed by atoms with Gasteiger partial charge < -0.3 is 14.6 Å². The van der Waals surface area contributed by atoms with E-state index in [1.807, 2.05) is 0 Å². The highest BCUT2D eigenvalue weighted by Gasteiger charge is 2.36. The van der Waals surface area contributed by atoms with Crippen LogP contribution in [0.25, 0.3) is 10.2 Å². The lowest BCUT2D eigenvalue weighted by Crippen LogP contribution is -2.99. The number of quaternary nitrogens is 2. The zero-order chi connectivity index (χ0) is 21.7. The fourth-order valence-electron chi connectivity index (χ4n) is 2.58. The molecule has 0 spiro atoms. The Labute approximate surface area is 171 Å². The van der Waals surface area contributed by atoms with Crippen molar-refractivity contribution in [2.45, 2.75) is 9.79 Å². The van der Waals surface area contributed by atoms with E-state index in [-0.39, 0.29) is 27.1 Å². The Balaban J connectivity index is 2.28. The molecule has 1 aliphatic heterocycles. The van der Waals surface area contributed by atoms with Crippen molar-refractivity contribution in [1.29, 1.82) is 0 Å². The zero-order valence-corrected chi connectivity index (χ0v) is 17.1. The summed E-state index contributed by atoms with van der Waals surface area (Å²) in [5, 5.41) is 37.5. The average molecular weight is 511 g/mol. The minimum atomic E-state index is -4.90. The summed E-state index contributed by atoms with van der Waals surface area (Å²) in [5.41, 5.74) is -1.06. The summed E-state index contributed by atoms with van der Waals surface area (Å²) >= 11 is 3.04. The SMILES string of the molecule is O=S(=O)(O)c1cc([NH+]([O-])O)ccc1C(Br)=C1OS(=O)(=O)c2cc([NH+]([O-])O)ccc21. The van der Waals surface area contributed by atoms with Gasteiger partial charge in [0, 0.05) is 35.4 Å². The van der Waals surface area contributed by atoms with E-state index >= 15 is 0 Å². The molecule has 29 heavy (non-hydrogen) atoms. The second kappa shape index (κ2) is 7.40. The van der Waals surface area contributed by atoms with E-state index in [1.54, 1.807) is 0 Å². The van der Waals surface area contributed by atoms with Crippen molar-refractivity contribution in [2.75, 3.05) is 0 Å². The number of hydrogen-bond acceptors (Lipinski definition) is 9. The molecular formula is C14H11BrN2O10S2. The van der Waals surface area contributed by atoms with Crippen LogP contribution in [0.3, 0.4) is 0 Å². The molecule has 1 aliphatic rings. The van der Waals surface area contributed by atoms with Crippen molar-refractivity contribution in [1.82, 2.24) is 0 Å². The highest BCUT2D eigenvalue weighted by Crippen LogP contribution is 2.44. The van der Waals surface area contributed by atoms with Crippen molar-refractivity contribution in [3.05, 3.63) is 57.9 Å². The topological polar surface area (TPSA) is 193 Å². The maximum Gasteiger partial charge on any atom is 0.340 e. The smallest absolute Gasteiger partial charge is 0.340 e. The lowest BCUT2D eigenvalue weighted by Gasteiger charge is -2.14.